The SMILES string of the molecule is CCCCC=CC1=CC(O)CC1=O. The molecule has 2 heteroatoms. The van der Waals surface area contributed by atoms with Gasteiger partial charge in [0.2, 0.25) is 0 Å². The third kappa shape index (κ3) is 3.15. The molecule has 0 heterocycles. The lowest BCUT2D eigenvalue weighted by Crippen LogP contribution is -2.00. The number of carbonyl (C=O) groups excluding carboxylic acids is 1. The number of aliphatic hydroxyl groups excluding tert-OH is 1. The van der Waals surface area contributed by atoms with E-state index in [4.69, 9.17) is 5.11 Å². The van der Waals surface area contributed by atoms with Crippen LogP contribution in [0.5, 0.6) is 0 Å². The summed E-state index contributed by atoms with van der Waals surface area (Å²) in [4.78, 5) is 11.2. The van der Waals surface area contributed by atoms with Gasteiger partial charge in [-0.25, -0.2) is 0 Å². The molecule has 1 aliphatic rings. The van der Waals surface area contributed by atoms with Crippen molar-refractivity contribution >= 4 is 5.78 Å². The summed E-state index contributed by atoms with van der Waals surface area (Å²) in [6.07, 6.45) is 8.49. The molecule has 1 N–H and O–H groups in total. The number of ketones is 1. The molecule has 72 valence electrons. The molecule has 13 heavy (non-hydrogen) atoms. The summed E-state index contributed by atoms with van der Waals surface area (Å²) in [6.45, 7) is 2.14. The van der Waals surface area contributed by atoms with Crippen LogP contribution in [0, 0.1) is 0 Å². The highest BCUT2D eigenvalue weighted by molar-refractivity contribution is 6.00. The van der Waals surface area contributed by atoms with Gasteiger partial charge >= 0.3 is 0 Å². The Bertz CT molecular complexity index is 238. The van der Waals surface area contributed by atoms with E-state index >= 15 is 0 Å². The predicted octanol–water partition coefficient (Wildman–Crippen LogP) is 1.99. The first kappa shape index (κ1) is 10.2. The molecule has 0 aromatic carbocycles. The smallest absolute Gasteiger partial charge is 0.165 e. The van der Waals surface area contributed by atoms with Crippen LogP contribution < -0.4 is 0 Å². The molecule has 2 nitrogen and oxygen atoms in total. The minimum absolute atomic E-state index is 0.0558. The maximum atomic E-state index is 11.2. The van der Waals surface area contributed by atoms with Crippen molar-refractivity contribution in [2.75, 3.05) is 0 Å². The van der Waals surface area contributed by atoms with E-state index in [0.717, 1.165) is 12.8 Å². The van der Waals surface area contributed by atoms with Gasteiger partial charge in [-0.05, 0) is 12.5 Å². The van der Waals surface area contributed by atoms with E-state index in [-0.39, 0.29) is 12.2 Å². The number of unbranched alkanes of at least 4 members (excludes halogenated alkanes) is 2. The third-order valence-corrected chi connectivity index (χ3v) is 2.11. The molecule has 1 aliphatic carbocycles. The summed E-state index contributed by atoms with van der Waals surface area (Å²) in [5.41, 5.74) is 0.670. The van der Waals surface area contributed by atoms with E-state index < -0.39 is 6.10 Å². The lowest BCUT2D eigenvalue weighted by atomic mass is 10.1. The molecule has 1 atom stereocenters. The molecule has 0 aliphatic heterocycles. The minimum Gasteiger partial charge on any atom is -0.389 e. The fraction of sp³-hybridized carbons (Fsp3) is 0.545. The Hall–Kier alpha value is -0.890. The number of hydrogen-bond donors (Lipinski definition) is 1. The quantitative estimate of drug-likeness (QED) is 0.672. The molecule has 0 spiro atoms. The maximum absolute atomic E-state index is 11.2. The highest BCUT2D eigenvalue weighted by Gasteiger charge is 2.19. The van der Waals surface area contributed by atoms with E-state index in [1.54, 1.807) is 6.08 Å². The monoisotopic (exact) mass is 180 g/mol. The fourth-order valence-corrected chi connectivity index (χ4v) is 1.35. The molecule has 0 saturated carbocycles. The Morgan fingerprint density at radius 2 is 2.46 bits per heavy atom. The van der Waals surface area contributed by atoms with Crippen LogP contribution in [-0.2, 0) is 4.79 Å². The van der Waals surface area contributed by atoms with Crippen LogP contribution in [-0.4, -0.2) is 17.0 Å². The van der Waals surface area contributed by atoms with Crippen LogP contribution in [0.25, 0.3) is 0 Å². The lowest BCUT2D eigenvalue weighted by molar-refractivity contribution is -0.115. The normalized spacial score (nSPS) is 22.8. The topological polar surface area (TPSA) is 37.3 Å². The summed E-state index contributed by atoms with van der Waals surface area (Å²) in [5, 5.41) is 9.14. The van der Waals surface area contributed by atoms with Crippen molar-refractivity contribution in [3.8, 4) is 0 Å². The van der Waals surface area contributed by atoms with Crippen LogP contribution >= 0.6 is 0 Å². The van der Waals surface area contributed by atoms with Gasteiger partial charge in [-0.15, -0.1) is 0 Å². The predicted molar refractivity (Wildman–Crippen MR) is 52.4 cm³/mol. The number of hydrogen-bond acceptors (Lipinski definition) is 2. The van der Waals surface area contributed by atoms with Gasteiger partial charge in [0.15, 0.2) is 5.78 Å². The first-order valence-corrected chi connectivity index (χ1v) is 4.83. The molecule has 1 rings (SSSR count). The van der Waals surface area contributed by atoms with Crippen molar-refractivity contribution in [3.05, 3.63) is 23.8 Å². The second-order valence-corrected chi connectivity index (χ2v) is 3.36. The largest absolute Gasteiger partial charge is 0.389 e. The zero-order chi connectivity index (χ0) is 9.68. The molecule has 0 amide bonds. The number of aliphatic hydroxyl groups is 1. The van der Waals surface area contributed by atoms with Crippen molar-refractivity contribution < 1.29 is 9.90 Å². The number of allylic oxidation sites excluding steroid dienone is 3. The zero-order valence-electron chi connectivity index (χ0n) is 7.99. The van der Waals surface area contributed by atoms with E-state index in [2.05, 4.69) is 6.92 Å². The third-order valence-electron chi connectivity index (χ3n) is 2.11. The molecule has 1 unspecified atom stereocenters. The van der Waals surface area contributed by atoms with Gasteiger partial charge in [0.1, 0.15) is 0 Å². The van der Waals surface area contributed by atoms with E-state index in [1.165, 1.54) is 6.42 Å². The average molecular weight is 180 g/mol. The highest BCUT2D eigenvalue weighted by Crippen LogP contribution is 2.15. The number of Topliss-reactive ketones (excluding diaryl/α,β-unsaturated/α-hetero) is 1. The Labute approximate surface area is 79.0 Å². The molecular formula is C11H16O2. The van der Waals surface area contributed by atoms with Gasteiger partial charge < -0.3 is 5.11 Å². The molecule has 0 aromatic heterocycles. The van der Waals surface area contributed by atoms with E-state index in [1.807, 2.05) is 12.2 Å². The van der Waals surface area contributed by atoms with Crippen molar-refractivity contribution in [2.45, 2.75) is 38.7 Å². The summed E-state index contributed by atoms with van der Waals surface area (Å²) >= 11 is 0. The van der Waals surface area contributed by atoms with Crippen LogP contribution in [0.2, 0.25) is 0 Å². The van der Waals surface area contributed by atoms with Gasteiger partial charge in [-0.1, -0.05) is 31.9 Å². The number of carbonyl (C=O) groups is 1. The lowest BCUT2D eigenvalue weighted by Gasteiger charge is -1.90. The molecular weight excluding hydrogens is 164 g/mol. The van der Waals surface area contributed by atoms with Gasteiger partial charge in [-0.3, -0.25) is 4.79 Å². The van der Waals surface area contributed by atoms with Crippen LogP contribution in [0.3, 0.4) is 0 Å². The Kier molecular flexibility index (Phi) is 3.90. The summed E-state index contributed by atoms with van der Waals surface area (Å²) in [6, 6.07) is 0. The second-order valence-electron chi connectivity index (χ2n) is 3.36. The van der Waals surface area contributed by atoms with Crippen LogP contribution in [0.4, 0.5) is 0 Å². The van der Waals surface area contributed by atoms with Crippen molar-refractivity contribution in [1.29, 1.82) is 0 Å². The van der Waals surface area contributed by atoms with Crippen LogP contribution in [0.1, 0.15) is 32.6 Å². The molecule has 0 fully saturated rings. The molecule has 0 bridgehead atoms. The zero-order valence-corrected chi connectivity index (χ0v) is 7.99. The second kappa shape index (κ2) is 4.97. The molecule has 0 aromatic rings. The summed E-state index contributed by atoms with van der Waals surface area (Å²) in [5.74, 6) is 0.0558. The first-order valence-electron chi connectivity index (χ1n) is 4.83. The van der Waals surface area contributed by atoms with Gasteiger partial charge in [0.05, 0.1) is 6.10 Å². The number of rotatable bonds is 4. The minimum atomic E-state index is -0.557. The van der Waals surface area contributed by atoms with Crippen molar-refractivity contribution in [1.82, 2.24) is 0 Å². The summed E-state index contributed by atoms with van der Waals surface area (Å²) in [7, 11) is 0. The highest BCUT2D eigenvalue weighted by atomic mass is 16.3. The Balaban J connectivity index is 2.40. The first-order chi connectivity index (χ1) is 6.24. The van der Waals surface area contributed by atoms with Gasteiger partial charge in [-0.2, -0.15) is 0 Å². The maximum Gasteiger partial charge on any atom is 0.165 e. The van der Waals surface area contributed by atoms with E-state index in [0.29, 0.717) is 5.57 Å². The van der Waals surface area contributed by atoms with E-state index in [9.17, 15) is 4.79 Å². The standard InChI is InChI=1S/C11H16O2/c1-2-3-4-5-6-9-7-10(12)8-11(9)13/h5-7,10,12H,2-4,8H2,1H3. The fourth-order valence-electron chi connectivity index (χ4n) is 1.35. The van der Waals surface area contributed by atoms with Crippen molar-refractivity contribution in [2.24, 2.45) is 0 Å². The average Bonchev–Trinajstić information content (AvgIpc) is 2.39. The van der Waals surface area contributed by atoms with Gasteiger partial charge in [0.25, 0.3) is 0 Å². The van der Waals surface area contributed by atoms with Crippen LogP contribution in [0.15, 0.2) is 23.8 Å². The Morgan fingerprint density at radius 1 is 1.69 bits per heavy atom. The van der Waals surface area contributed by atoms with Gasteiger partial charge in [0, 0.05) is 12.0 Å². The van der Waals surface area contributed by atoms with Crippen molar-refractivity contribution in [3.63, 3.8) is 0 Å². The summed E-state index contributed by atoms with van der Waals surface area (Å²) < 4.78 is 0. The Morgan fingerprint density at radius 3 is 3.00 bits per heavy atom. The molecule has 0 saturated heterocycles. The molecule has 0 radical (unpaired) electrons.